The summed E-state index contributed by atoms with van der Waals surface area (Å²) in [4.78, 5) is 58.8. The van der Waals surface area contributed by atoms with Crippen molar-refractivity contribution in [3.05, 3.63) is 81.2 Å². The molecule has 2 aromatic heterocycles. The zero-order valence-corrected chi connectivity index (χ0v) is 21.3. The first-order chi connectivity index (χ1) is 17.8. The van der Waals surface area contributed by atoms with E-state index in [4.69, 9.17) is 4.74 Å². The fourth-order valence-electron chi connectivity index (χ4n) is 4.41. The van der Waals surface area contributed by atoms with Crippen LogP contribution >= 0.6 is 11.3 Å². The first-order valence-electron chi connectivity index (χ1n) is 11.8. The summed E-state index contributed by atoms with van der Waals surface area (Å²) >= 11 is 1.14. The van der Waals surface area contributed by atoms with Crippen molar-refractivity contribution in [2.24, 2.45) is 0 Å². The number of ketones is 1. The second-order valence-electron chi connectivity index (χ2n) is 8.66. The molecule has 1 atom stereocenters. The third kappa shape index (κ3) is 4.29. The number of fused-ring (bicyclic) bond motifs is 2. The average molecular weight is 517 g/mol. The van der Waals surface area contributed by atoms with Crippen molar-refractivity contribution in [1.82, 2.24) is 9.55 Å². The highest BCUT2D eigenvalue weighted by Gasteiger charge is 2.28. The van der Waals surface area contributed by atoms with Crippen molar-refractivity contribution in [3.63, 3.8) is 0 Å². The maximum absolute atomic E-state index is 13.5. The molecule has 4 aromatic rings. The van der Waals surface area contributed by atoms with Gasteiger partial charge in [-0.15, -0.1) is 11.3 Å². The Bertz CT molecular complexity index is 1610. The van der Waals surface area contributed by atoms with Crippen LogP contribution in [0.1, 0.15) is 45.5 Å². The van der Waals surface area contributed by atoms with Gasteiger partial charge in [-0.05, 0) is 56.7 Å². The first-order valence-corrected chi connectivity index (χ1v) is 12.6. The Morgan fingerprint density at radius 1 is 1.16 bits per heavy atom. The topological polar surface area (TPSA) is 111 Å². The first kappa shape index (κ1) is 24.4. The van der Waals surface area contributed by atoms with E-state index in [0.29, 0.717) is 49.9 Å². The van der Waals surface area contributed by atoms with Crippen LogP contribution in [0.15, 0.2) is 59.7 Å². The van der Waals surface area contributed by atoms with E-state index in [1.54, 1.807) is 49.1 Å². The molecule has 0 saturated heterocycles. The Balaban J connectivity index is 1.47. The number of ether oxygens (including phenoxy) is 1. The van der Waals surface area contributed by atoms with Gasteiger partial charge in [-0.1, -0.05) is 18.2 Å². The Morgan fingerprint density at radius 3 is 2.65 bits per heavy atom. The minimum Gasteiger partial charge on any atom is -0.482 e. The van der Waals surface area contributed by atoms with Crippen LogP contribution in [0.3, 0.4) is 0 Å². The van der Waals surface area contributed by atoms with Crippen molar-refractivity contribution in [1.29, 1.82) is 0 Å². The van der Waals surface area contributed by atoms with Crippen LogP contribution in [0.25, 0.3) is 10.2 Å². The average Bonchev–Trinajstić information content (AvgIpc) is 3.25. The van der Waals surface area contributed by atoms with Crippen molar-refractivity contribution in [2.75, 3.05) is 23.4 Å². The minimum atomic E-state index is -0.862. The summed E-state index contributed by atoms with van der Waals surface area (Å²) in [5, 5.41) is 3.15. The molecule has 0 saturated carbocycles. The molecule has 5 rings (SSSR count). The van der Waals surface area contributed by atoms with Crippen molar-refractivity contribution in [2.45, 2.75) is 26.8 Å². The molecule has 0 aliphatic carbocycles. The van der Waals surface area contributed by atoms with Crippen LogP contribution in [0.2, 0.25) is 0 Å². The van der Waals surface area contributed by atoms with E-state index in [1.165, 1.54) is 10.9 Å². The van der Waals surface area contributed by atoms with E-state index in [-0.39, 0.29) is 24.2 Å². The number of likely N-dealkylation sites (N-methyl/N-ethyl adjacent to an activating group) is 1. The van der Waals surface area contributed by atoms with Gasteiger partial charge < -0.3 is 15.0 Å². The van der Waals surface area contributed by atoms with Crippen molar-refractivity contribution in [3.8, 4) is 5.75 Å². The number of aromatic nitrogens is 2. The van der Waals surface area contributed by atoms with Crippen LogP contribution in [0.5, 0.6) is 5.75 Å². The summed E-state index contributed by atoms with van der Waals surface area (Å²) < 4.78 is 6.77. The molecular weight excluding hydrogens is 492 g/mol. The molecule has 10 heteroatoms. The maximum Gasteiger partial charge on any atom is 0.266 e. The van der Waals surface area contributed by atoms with Gasteiger partial charge in [0.2, 0.25) is 0 Å². The predicted molar refractivity (Wildman–Crippen MR) is 142 cm³/mol. The lowest BCUT2D eigenvalue weighted by molar-refractivity contribution is -0.121. The zero-order valence-electron chi connectivity index (χ0n) is 20.5. The zero-order chi connectivity index (χ0) is 26.3. The van der Waals surface area contributed by atoms with E-state index < -0.39 is 11.6 Å². The Hall–Kier alpha value is -4.31. The van der Waals surface area contributed by atoms with Gasteiger partial charge in [0.25, 0.3) is 17.4 Å². The summed E-state index contributed by atoms with van der Waals surface area (Å²) in [7, 11) is 0. The fraction of sp³-hybridized carbons (Fsp3) is 0.222. The quantitative estimate of drug-likeness (QED) is 0.385. The number of anilines is 2. The molecule has 0 spiro atoms. The summed E-state index contributed by atoms with van der Waals surface area (Å²) in [6, 6.07) is 13.1. The molecule has 0 fully saturated rings. The summed E-state index contributed by atoms with van der Waals surface area (Å²) in [6.45, 7) is 5.58. The molecule has 1 aliphatic rings. The van der Waals surface area contributed by atoms with E-state index in [2.05, 4.69) is 10.3 Å². The highest BCUT2D eigenvalue weighted by atomic mass is 32.1. The second kappa shape index (κ2) is 9.62. The lowest BCUT2D eigenvalue weighted by Crippen LogP contribution is -2.38. The van der Waals surface area contributed by atoms with E-state index in [1.807, 2.05) is 25.1 Å². The van der Waals surface area contributed by atoms with Gasteiger partial charge in [-0.25, -0.2) is 4.98 Å². The van der Waals surface area contributed by atoms with Crippen molar-refractivity contribution >= 4 is 50.5 Å². The highest BCUT2D eigenvalue weighted by molar-refractivity contribution is 7.20. The van der Waals surface area contributed by atoms with E-state index in [9.17, 15) is 19.2 Å². The largest absolute Gasteiger partial charge is 0.482 e. The lowest BCUT2D eigenvalue weighted by atomic mass is 10.0. The number of Topliss-reactive ketones (excluding diaryl/α,β-unsaturated/α-hetero) is 1. The Labute approximate surface area is 216 Å². The van der Waals surface area contributed by atoms with Crippen molar-refractivity contribution < 1.29 is 19.1 Å². The Morgan fingerprint density at radius 2 is 1.92 bits per heavy atom. The van der Waals surface area contributed by atoms with Crippen LogP contribution in [-0.4, -0.2) is 40.3 Å². The number of hydrogen-bond acceptors (Lipinski definition) is 7. The number of benzene rings is 2. The monoisotopic (exact) mass is 516 g/mol. The number of thiophene rings is 1. The van der Waals surface area contributed by atoms with Crippen LogP contribution in [0.4, 0.5) is 11.4 Å². The normalized spacial score (nSPS) is 13.7. The molecule has 2 amide bonds. The number of hydrogen-bond donors (Lipinski definition) is 1. The van der Waals surface area contributed by atoms with Gasteiger partial charge in [0.05, 0.1) is 28.3 Å². The highest BCUT2D eigenvalue weighted by Crippen LogP contribution is 2.34. The standard InChI is InChI=1S/C27H24N4O5S/c1-4-30-19-12-17(10-11-20(19)36-13-21(30)32)23(33)16(3)31-14-28-26-22(27(31)35)15(2)24(37-26)25(34)29-18-8-6-5-7-9-18/h5-12,14,16H,4,13H2,1-3H3,(H,29,34). The molecule has 1 N–H and O–H groups in total. The van der Waals surface area contributed by atoms with E-state index >= 15 is 0 Å². The van der Waals surface area contributed by atoms with Crippen LogP contribution in [0, 0.1) is 6.92 Å². The molecule has 1 unspecified atom stereocenters. The van der Waals surface area contributed by atoms with Crippen LogP contribution in [-0.2, 0) is 4.79 Å². The molecule has 2 aromatic carbocycles. The molecule has 37 heavy (non-hydrogen) atoms. The molecule has 3 heterocycles. The Kier molecular flexibility index (Phi) is 6.34. The molecule has 1 aliphatic heterocycles. The van der Waals surface area contributed by atoms with Crippen LogP contribution < -0.4 is 20.5 Å². The fourth-order valence-corrected chi connectivity index (χ4v) is 5.44. The number of para-hydroxylation sites is 1. The van der Waals surface area contributed by atoms with E-state index in [0.717, 1.165) is 11.3 Å². The van der Waals surface area contributed by atoms with Gasteiger partial charge in [0.15, 0.2) is 12.4 Å². The minimum absolute atomic E-state index is 0.0447. The maximum atomic E-state index is 13.5. The SMILES string of the molecule is CCN1C(=O)COc2ccc(C(=O)C(C)n3cnc4sc(C(=O)Nc5ccccc5)c(C)c4c3=O)cc21. The smallest absolute Gasteiger partial charge is 0.266 e. The van der Waals surface area contributed by atoms with Gasteiger partial charge in [-0.2, -0.15) is 0 Å². The summed E-state index contributed by atoms with van der Waals surface area (Å²) in [6.07, 6.45) is 1.34. The third-order valence-corrected chi connectivity index (χ3v) is 7.61. The number of nitrogens with one attached hydrogen (secondary N) is 1. The number of nitrogens with zero attached hydrogens (tertiary/aromatic N) is 3. The molecule has 0 bridgehead atoms. The molecule has 0 radical (unpaired) electrons. The third-order valence-electron chi connectivity index (χ3n) is 6.41. The molecule has 188 valence electrons. The van der Waals surface area contributed by atoms with Gasteiger partial charge in [0.1, 0.15) is 10.6 Å². The lowest BCUT2D eigenvalue weighted by Gasteiger charge is -2.28. The number of carbonyl (C=O) groups excluding carboxylic acids is 3. The van der Waals surface area contributed by atoms with Gasteiger partial charge >= 0.3 is 0 Å². The second-order valence-corrected chi connectivity index (χ2v) is 9.66. The number of carbonyl (C=O) groups is 3. The summed E-state index contributed by atoms with van der Waals surface area (Å²) in [5.74, 6) is -0.289. The molecular formula is C27H24N4O5S. The number of rotatable bonds is 6. The molecule has 9 nitrogen and oxygen atoms in total. The van der Waals surface area contributed by atoms with Gasteiger partial charge in [0, 0.05) is 17.8 Å². The number of amides is 2. The van der Waals surface area contributed by atoms with Gasteiger partial charge in [-0.3, -0.25) is 23.7 Å². The predicted octanol–water partition coefficient (Wildman–Crippen LogP) is 4.21. The number of aryl methyl sites for hydroxylation is 1. The summed E-state index contributed by atoms with van der Waals surface area (Å²) in [5.41, 5.74) is 1.64.